The van der Waals surface area contributed by atoms with Crippen molar-refractivity contribution in [3.05, 3.63) is 84.5 Å². The Hall–Kier alpha value is -3.59. The molecule has 9 nitrogen and oxygen atoms in total. The van der Waals surface area contributed by atoms with Gasteiger partial charge in [0.25, 0.3) is 11.4 Å². The molecule has 1 aliphatic rings. The highest BCUT2D eigenvalue weighted by Gasteiger charge is 2.26. The molecule has 0 aromatic heterocycles. The lowest BCUT2D eigenvalue weighted by molar-refractivity contribution is -0.385. The Morgan fingerprint density at radius 2 is 1.73 bits per heavy atom. The largest absolute Gasteiger partial charge is 0.402 e. The maximum atomic E-state index is 12.0. The molecule has 0 aliphatic carbocycles. The van der Waals surface area contributed by atoms with Gasteiger partial charge in [0.1, 0.15) is 5.02 Å². The molecule has 0 spiro atoms. The Kier molecular flexibility index (Phi) is 4.46. The average molecular weight is 374 g/mol. The van der Waals surface area contributed by atoms with Crippen LogP contribution in [0.4, 0.5) is 11.4 Å². The fourth-order valence-corrected chi connectivity index (χ4v) is 2.35. The van der Waals surface area contributed by atoms with E-state index in [2.05, 4.69) is 4.99 Å². The van der Waals surface area contributed by atoms with E-state index in [-0.39, 0.29) is 33.6 Å². The third-order valence-corrected chi connectivity index (χ3v) is 3.74. The minimum Gasteiger partial charge on any atom is -0.402 e. The van der Waals surface area contributed by atoms with Crippen molar-refractivity contribution >= 4 is 40.9 Å². The van der Waals surface area contributed by atoms with E-state index in [1.165, 1.54) is 42.5 Å². The van der Waals surface area contributed by atoms with Gasteiger partial charge in [-0.3, -0.25) is 20.2 Å². The van der Waals surface area contributed by atoms with Gasteiger partial charge in [-0.15, -0.1) is 0 Å². The number of nitrogens with zero attached hydrogens (tertiary/aromatic N) is 3. The molecular formula is C16H8ClN3O6. The smallest absolute Gasteiger partial charge is 0.363 e. The number of nitro benzene ring substituents is 2. The van der Waals surface area contributed by atoms with Crippen LogP contribution >= 0.6 is 11.6 Å². The van der Waals surface area contributed by atoms with Crippen molar-refractivity contribution in [3.63, 3.8) is 0 Å². The summed E-state index contributed by atoms with van der Waals surface area (Å²) in [5.41, 5.74) is 0.275. The second-order valence-corrected chi connectivity index (χ2v) is 5.52. The number of nitro groups is 2. The second kappa shape index (κ2) is 6.73. The topological polar surface area (TPSA) is 125 Å². The van der Waals surface area contributed by atoms with Crippen LogP contribution in [-0.2, 0) is 9.53 Å². The van der Waals surface area contributed by atoms with E-state index in [0.29, 0.717) is 5.56 Å². The number of hydrogen-bond acceptors (Lipinski definition) is 7. The van der Waals surface area contributed by atoms with Crippen LogP contribution in [0.2, 0.25) is 5.02 Å². The van der Waals surface area contributed by atoms with Crippen LogP contribution < -0.4 is 0 Å². The molecule has 0 atom stereocenters. The molecule has 0 amide bonds. The zero-order valence-electron chi connectivity index (χ0n) is 12.8. The van der Waals surface area contributed by atoms with Gasteiger partial charge in [0, 0.05) is 23.8 Å². The van der Waals surface area contributed by atoms with Crippen LogP contribution in [-0.4, -0.2) is 21.7 Å². The van der Waals surface area contributed by atoms with Gasteiger partial charge >= 0.3 is 5.97 Å². The number of rotatable bonds is 4. The molecule has 1 aliphatic heterocycles. The highest BCUT2D eigenvalue weighted by atomic mass is 35.5. The third-order valence-electron chi connectivity index (χ3n) is 3.42. The lowest BCUT2D eigenvalue weighted by Crippen LogP contribution is -2.06. The van der Waals surface area contributed by atoms with Gasteiger partial charge in [-0.2, -0.15) is 0 Å². The number of halogens is 1. The SMILES string of the molecule is O=C1OC(c2ccc(Cl)c([N+](=O)[O-])c2)=NC1=Cc1ccc([N+](=O)[O-])cc1. The molecule has 0 unspecified atom stereocenters. The van der Waals surface area contributed by atoms with Crippen molar-refractivity contribution in [2.75, 3.05) is 0 Å². The Morgan fingerprint density at radius 3 is 2.35 bits per heavy atom. The van der Waals surface area contributed by atoms with E-state index in [1.54, 1.807) is 0 Å². The summed E-state index contributed by atoms with van der Waals surface area (Å²) in [5.74, 6) is -0.834. The summed E-state index contributed by atoms with van der Waals surface area (Å²) < 4.78 is 5.04. The Balaban J connectivity index is 1.93. The summed E-state index contributed by atoms with van der Waals surface area (Å²) in [5, 5.41) is 21.5. The number of cyclic esters (lactones) is 1. The van der Waals surface area contributed by atoms with Crippen molar-refractivity contribution in [1.29, 1.82) is 0 Å². The van der Waals surface area contributed by atoms with Crippen LogP contribution in [0.15, 0.2) is 53.2 Å². The molecule has 0 saturated carbocycles. The first-order valence-corrected chi connectivity index (χ1v) is 7.44. The molecule has 0 bridgehead atoms. The number of carbonyl (C=O) groups excluding carboxylic acids is 1. The van der Waals surface area contributed by atoms with E-state index in [0.717, 1.165) is 6.07 Å². The van der Waals surface area contributed by atoms with Gasteiger partial charge in [0.05, 0.1) is 9.85 Å². The maximum Gasteiger partial charge on any atom is 0.363 e. The van der Waals surface area contributed by atoms with E-state index in [4.69, 9.17) is 16.3 Å². The Labute approximate surface area is 150 Å². The van der Waals surface area contributed by atoms with Crippen molar-refractivity contribution in [1.82, 2.24) is 0 Å². The number of aliphatic imine (C=N–C) groups is 1. The van der Waals surface area contributed by atoms with Crippen molar-refractivity contribution in [2.45, 2.75) is 0 Å². The van der Waals surface area contributed by atoms with Gasteiger partial charge in [-0.05, 0) is 35.9 Å². The molecule has 0 N–H and O–H groups in total. The van der Waals surface area contributed by atoms with Crippen molar-refractivity contribution in [2.24, 2.45) is 4.99 Å². The monoisotopic (exact) mass is 373 g/mol. The van der Waals surface area contributed by atoms with Gasteiger partial charge in [0.2, 0.25) is 5.90 Å². The van der Waals surface area contributed by atoms with Crippen LogP contribution in [0, 0.1) is 20.2 Å². The standard InChI is InChI=1S/C16H8ClN3O6/c17-12-6-3-10(8-14(12)20(24)25)15-18-13(16(21)26-15)7-9-1-4-11(5-2-9)19(22)23/h1-8H. The Bertz CT molecular complexity index is 998. The van der Waals surface area contributed by atoms with Gasteiger partial charge in [-0.1, -0.05) is 11.6 Å². The fraction of sp³-hybridized carbons (Fsp3) is 0. The lowest BCUT2D eigenvalue weighted by Gasteiger charge is -2.00. The highest BCUT2D eigenvalue weighted by Crippen LogP contribution is 2.27. The third kappa shape index (κ3) is 3.42. The molecule has 2 aromatic rings. The van der Waals surface area contributed by atoms with Crippen LogP contribution in [0.1, 0.15) is 11.1 Å². The predicted molar refractivity (Wildman–Crippen MR) is 91.8 cm³/mol. The van der Waals surface area contributed by atoms with Crippen LogP contribution in [0.3, 0.4) is 0 Å². The molecule has 3 rings (SSSR count). The van der Waals surface area contributed by atoms with E-state index < -0.39 is 15.8 Å². The van der Waals surface area contributed by atoms with Crippen molar-refractivity contribution < 1.29 is 19.4 Å². The number of benzene rings is 2. The first-order chi connectivity index (χ1) is 12.3. The molecule has 26 heavy (non-hydrogen) atoms. The molecular weight excluding hydrogens is 366 g/mol. The summed E-state index contributed by atoms with van der Waals surface area (Å²) in [6.45, 7) is 0. The quantitative estimate of drug-likeness (QED) is 0.349. The summed E-state index contributed by atoms with van der Waals surface area (Å²) in [6.07, 6.45) is 1.39. The van der Waals surface area contributed by atoms with Gasteiger partial charge in [-0.25, -0.2) is 9.79 Å². The number of ether oxygens (including phenoxy) is 1. The summed E-state index contributed by atoms with van der Waals surface area (Å²) in [4.78, 5) is 36.4. The van der Waals surface area contributed by atoms with Gasteiger partial charge < -0.3 is 4.74 Å². The van der Waals surface area contributed by atoms with E-state index >= 15 is 0 Å². The number of carbonyl (C=O) groups is 1. The normalized spacial score (nSPS) is 14.9. The molecule has 0 radical (unpaired) electrons. The maximum absolute atomic E-state index is 12.0. The molecule has 2 aromatic carbocycles. The number of esters is 1. The molecule has 0 saturated heterocycles. The summed E-state index contributed by atoms with van der Waals surface area (Å²) in [7, 11) is 0. The van der Waals surface area contributed by atoms with Gasteiger partial charge in [0.15, 0.2) is 5.70 Å². The van der Waals surface area contributed by atoms with Crippen LogP contribution in [0.25, 0.3) is 6.08 Å². The van der Waals surface area contributed by atoms with Crippen molar-refractivity contribution in [3.8, 4) is 0 Å². The Morgan fingerprint density at radius 1 is 1.04 bits per heavy atom. The van der Waals surface area contributed by atoms with E-state index in [1.807, 2.05) is 0 Å². The number of hydrogen-bond donors (Lipinski definition) is 0. The zero-order chi connectivity index (χ0) is 18.8. The van der Waals surface area contributed by atoms with E-state index in [9.17, 15) is 25.0 Å². The minimum absolute atomic E-state index is 0.0357. The second-order valence-electron chi connectivity index (χ2n) is 5.11. The molecule has 1 heterocycles. The first kappa shape index (κ1) is 17.2. The first-order valence-electron chi connectivity index (χ1n) is 7.06. The zero-order valence-corrected chi connectivity index (χ0v) is 13.5. The summed E-state index contributed by atoms with van der Waals surface area (Å²) >= 11 is 5.75. The summed E-state index contributed by atoms with van der Waals surface area (Å²) in [6, 6.07) is 9.40. The fourth-order valence-electron chi connectivity index (χ4n) is 2.17. The number of non-ortho nitro benzene ring substituents is 1. The molecule has 10 heteroatoms. The highest BCUT2D eigenvalue weighted by molar-refractivity contribution is 6.32. The minimum atomic E-state index is -0.740. The predicted octanol–water partition coefficient (Wildman–Crippen LogP) is 3.50. The lowest BCUT2D eigenvalue weighted by atomic mass is 10.2. The van der Waals surface area contributed by atoms with Crippen LogP contribution in [0.5, 0.6) is 0 Å². The molecule has 0 fully saturated rings. The molecule has 130 valence electrons. The average Bonchev–Trinajstić information content (AvgIpc) is 2.96.